The van der Waals surface area contributed by atoms with Gasteiger partial charge in [0.05, 0.1) is 0 Å². The molecule has 0 amide bonds. The Morgan fingerprint density at radius 3 is 2.43 bits per heavy atom. The Morgan fingerprint density at radius 2 is 1.79 bits per heavy atom. The number of allylic oxidation sites excluding steroid dienone is 1. The molecule has 3 saturated carbocycles. The van der Waals surface area contributed by atoms with Crippen molar-refractivity contribution in [1.29, 1.82) is 0 Å². The van der Waals surface area contributed by atoms with E-state index in [-0.39, 0.29) is 33.2 Å². The molecule has 4 nitrogen and oxygen atoms in total. The molecular weight excluding hydrogens is 420 g/mol. The van der Waals surface area contributed by atoms with Crippen LogP contribution in [0.1, 0.15) is 72.6 Å². The molecule has 0 unspecified atom stereocenters. The third-order valence-corrected chi connectivity index (χ3v) is 9.81. The van der Waals surface area contributed by atoms with Gasteiger partial charge in [0, 0.05) is 23.6 Å². The molecule has 28 heavy (non-hydrogen) atoms. The molecule has 0 bridgehead atoms. The number of fused-ring (bicyclic) bond motifs is 5. The Kier molecular flexibility index (Phi) is 4.73. The summed E-state index contributed by atoms with van der Waals surface area (Å²) in [6, 6.07) is 0. The summed E-state index contributed by atoms with van der Waals surface area (Å²) in [7, 11) is 0. The number of hydrogen-bond acceptors (Lipinski definition) is 4. The zero-order valence-electron chi connectivity index (χ0n) is 17.3. The Labute approximate surface area is 176 Å². The molecule has 4 aliphatic rings. The first kappa shape index (κ1) is 20.3. The zero-order chi connectivity index (χ0) is 20.5. The number of carbonyl (C=O) groups is 3. The van der Waals surface area contributed by atoms with Gasteiger partial charge in [-0.2, -0.15) is 0 Å². The van der Waals surface area contributed by atoms with E-state index in [2.05, 4.69) is 29.8 Å². The highest BCUT2D eigenvalue weighted by atomic mass is 79.9. The van der Waals surface area contributed by atoms with Crippen molar-refractivity contribution in [3.63, 3.8) is 0 Å². The molecule has 0 N–H and O–H groups in total. The third-order valence-electron chi connectivity index (χ3n) is 8.94. The van der Waals surface area contributed by atoms with E-state index in [0.717, 1.165) is 32.1 Å². The molecule has 0 radical (unpaired) electrons. The fourth-order valence-electron chi connectivity index (χ4n) is 7.62. The van der Waals surface area contributed by atoms with Crippen LogP contribution in [0.15, 0.2) is 11.6 Å². The molecule has 0 saturated heterocycles. The first-order valence-electron chi connectivity index (χ1n) is 10.6. The molecule has 7 atom stereocenters. The number of esters is 1. The largest absolute Gasteiger partial charge is 0.451 e. The molecule has 0 heterocycles. The van der Waals surface area contributed by atoms with Crippen molar-refractivity contribution in [1.82, 2.24) is 0 Å². The van der Waals surface area contributed by atoms with Crippen LogP contribution in [0.2, 0.25) is 0 Å². The Hall–Kier alpha value is -0.970. The lowest BCUT2D eigenvalue weighted by molar-refractivity contribution is -0.187. The number of ether oxygens (including phenoxy) is 1. The SMILES string of the molecule is CC(=O)O[C@]1(C(C)=O)CC[C@H]2[C@@H]3C[C@H](Br)C4=CC(=O)CC[C@]4(C)[C@H]3CC[C@@]21C. The lowest BCUT2D eigenvalue weighted by atomic mass is 9.46. The molecule has 4 aliphatic carbocycles. The van der Waals surface area contributed by atoms with Gasteiger partial charge in [-0.3, -0.25) is 14.4 Å². The predicted molar refractivity (Wildman–Crippen MR) is 110 cm³/mol. The van der Waals surface area contributed by atoms with E-state index in [1.807, 2.05) is 6.08 Å². The highest BCUT2D eigenvalue weighted by molar-refractivity contribution is 9.09. The average molecular weight is 451 g/mol. The smallest absolute Gasteiger partial charge is 0.303 e. The molecule has 154 valence electrons. The minimum absolute atomic E-state index is 0.00703. The lowest BCUT2D eigenvalue weighted by Gasteiger charge is -2.60. The van der Waals surface area contributed by atoms with Crippen LogP contribution in [0.3, 0.4) is 0 Å². The topological polar surface area (TPSA) is 60.4 Å². The number of alkyl halides is 1. The molecule has 4 rings (SSSR count). The van der Waals surface area contributed by atoms with Gasteiger partial charge in [-0.25, -0.2) is 0 Å². The van der Waals surface area contributed by atoms with Crippen molar-refractivity contribution in [3.05, 3.63) is 11.6 Å². The highest BCUT2D eigenvalue weighted by Gasteiger charge is 2.68. The zero-order valence-corrected chi connectivity index (χ0v) is 18.9. The van der Waals surface area contributed by atoms with E-state index < -0.39 is 5.60 Å². The van der Waals surface area contributed by atoms with E-state index in [0.29, 0.717) is 30.6 Å². The predicted octanol–water partition coefficient (Wildman–Crippen LogP) is 4.78. The van der Waals surface area contributed by atoms with Crippen molar-refractivity contribution >= 4 is 33.5 Å². The summed E-state index contributed by atoms with van der Waals surface area (Å²) >= 11 is 3.89. The van der Waals surface area contributed by atoms with Crippen molar-refractivity contribution in [3.8, 4) is 0 Å². The van der Waals surface area contributed by atoms with Crippen LogP contribution < -0.4 is 0 Å². The summed E-state index contributed by atoms with van der Waals surface area (Å²) in [5.41, 5.74) is 0.0512. The second-order valence-corrected chi connectivity index (χ2v) is 11.1. The van der Waals surface area contributed by atoms with Gasteiger partial charge >= 0.3 is 5.97 Å². The van der Waals surface area contributed by atoms with E-state index in [4.69, 9.17) is 4.74 Å². The van der Waals surface area contributed by atoms with E-state index >= 15 is 0 Å². The van der Waals surface area contributed by atoms with Crippen molar-refractivity contribution in [2.24, 2.45) is 28.6 Å². The van der Waals surface area contributed by atoms with Gasteiger partial charge in [-0.15, -0.1) is 0 Å². The maximum atomic E-state index is 12.8. The summed E-state index contributed by atoms with van der Waals surface area (Å²) in [6.07, 6.45) is 7.94. The fourth-order valence-corrected chi connectivity index (χ4v) is 8.71. The van der Waals surface area contributed by atoms with Gasteiger partial charge in [0.1, 0.15) is 0 Å². The van der Waals surface area contributed by atoms with Crippen LogP contribution in [-0.2, 0) is 19.1 Å². The van der Waals surface area contributed by atoms with Gasteiger partial charge in [-0.1, -0.05) is 29.8 Å². The summed E-state index contributed by atoms with van der Waals surface area (Å²) in [5, 5.41) is 0. The maximum Gasteiger partial charge on any atom is 0.303 e. The van der Waals surface area contributed by atoms with Gasteiger partial charge in [0.2, 0.25) is 0 Å². The van der Waals surface area contributed by atoms with Crippen LogP contribution >= 0.6 is 15.9 Å². The number of halogens is 1. The third kappa shape index (κ3) is 2.57. The lowest BCUT2D eigenvalue weighted by Crippen LogP contribution is -2.59. The first-order chi connectivity index (χ1) is 13.0. The standard InChI is InChI=1S/C23H31BrO4/c1-13(25)23(28-14(2)26)10-7-18-16-12-20(24)19-11-15(27)5-8-21(19,3)17(16)6-9-22(18,23)4/h11,16-18,20H,5-10,12H2,1-4H3/t16-,17+,18+,20+,21-,22+,23+/m1/s1. The van der Waals surface area contributed by atoms with Gasteiger partial charge in [0.15, 0.2) is 17.2 Å². The molecule has 0 aromatic heterocycles. The molecule has 5 heteroatoms. The Morgan fingerprint density at radius 1 is 1.11 bits per heavy atom. The number of rotatable bonds is 2. The van der Waals surface area contributed by atoms with Gasteiger partial charge in [-0.05, 0) is 80.3 Å². The fraction of sp³-hybridized carbons (Fsp3) is 0.783. The molecule has 0 aromatic rings. The molecular formula is C23H31BrO4. The second kappa shape index (κ2) is 6.52. The van der Waals surface area contributed by atoms with Crippen LogP contribution in [0, 0.1) is 28.6 Å². The van der Waals surface area contributed by atoms with Crippen molar-refractivity contribution in [2.45, 2.75) is 83.1 Å². The van der Waals surface area contributed by atoms with Crippen LogP contribution in [0.5, 0.6) is 0 Å². The summed E-state index contributed by atoms with van der Waals surface area (Å²) < 4.78 is 5.83. The average Bonchev–Trinajstić information content (AvgIpc) is 2.90. The summed E-state index contributed by atoms with van der Waals surface area (Å²) in [4.78, 5) is 37.0. The minimum atomic E-state index is -0.976. The molecule has 0 aromatic carbocycles. The van der Waals surface area contributed by atoms with E-state index in [9.17, 15) is 14.4 Å². The molecule has 0 aliphatic heterocycles. The summed E-state index contributed by atoms with van der Waals surface area (Å²) in [5.74, 6) is 1.26. The van der Waals surface area contributed by atoms with Crippen molar-refractivity contribution in [2.75, 3.05) is 0 Å². The number of hydrogen-bond donors (Lipinski definition) is 0. The first-order valence-corrected chi connectivity index (χ1v) is 11.6. The normalized spacial score (nSPS) is 47.5. The molecule has 3 fully saturated rings. The van der Waals surface area contributed by atoms with Crippen LogP contribution in [-0.4, -0.2) is 28.0 Å². The van der Waals surface area contributed by atoms with Crippen LogP contribution in [0.25, 0.3) is 0 Å². The van der Waals surface area contributed by atoms with E-state index in [1.165, 1.54) is 12.5 Å². The monoisotopic (exact) mass is 450 g/mol. The number of Topliss-reactive ketones (excluding diaryl/α,β-unsaturated/α-hetero) is 1. The maximum absolute atomic E-state index is 12.8. The Balaban J connectivity index is 1.73. The van der Waals surface area contributed by atoms with Crippen molar-refractivity contribution < 1.29 is 19.1 Å². The number of ketones is 2. The highest BCUT2D eigenvalue weighted by Crippen LogP contribution is 2.68. The minimum Gasteiger partial charge on any atom is -0.451 e. The quantitative estimate of drug-likeness (QED) is 0.448. The second-order valence-electron chi connectivity index (χ2n) is 10.0. The van der Waals surface area contributed by atoms with Gasteiger partial charge < -0.3 is 4.74 Å². The summed E-state index contributed by atoms with van der Waals surface area (Å²) in [6.45, 7) is 7.54. The molecule has 0 spiro atoms. The van der Waals surface area contributed by atoms with Crippen LogP contribution in [0.4, 0.5) is 0 Å². The van der Waals surface area contributed by atoms with Gasteiger partial charge in [0.25, 0.3) is 0 Å². The van der Waals surface area contributed by atoms with E-state index in [1.54, 1.807) is 6.92 Å². The Bertz CT molecular complexity index is 773. The number of carbonyl (C=O) groups excluding carboxylic acids is 3.